The van der Waals surface area contributed by atoms with Crippen molar-refractivity contribution in [2.45, 2.75) is 12.5 Å². The normalized spacial score (nSPS) is 23.8. The van der Waals surface area contributed by atoms with Crippen LogP contribution in [0.1, 0.15) is 24.0 Å². The van der Waals surface area contributed by atoms with Crippen LogP contribution in [-0.4, -0.2) is 59.9 Å². The molecule has 2 unspecified atom stereocenters. The Balaban J connectivity index is 1.60. The molecule has 11 heteroatoms. The summed E-state index contributed by atoms with van der Waals surface area (Å²) in [4.78, 5) is 25.7. The van der Waals surface area contributed by atoms with E-state index in [2.05, 4.69) is 47.6 Å². The molecule has 1 saturated carbocycles. The highest BCUT2D eigenvalue weighted by molar-refractivity contribution is 5.90. The number of imidazole rings is 1. The van der Waals surface area contributed by atoms with Crippen LogP contribution in [0.3, 0.4) is 0 Å². The van der Waals surface area contributed by atoms with Crippen molar-refractivity contribution in [2.24, 2.45) is 11.3 Å². The SMILES string of the molecule is CNC(=O)C12CC1[C@@H](n1cnc3c(NC)nc(C#Cc4cccnn4)nc31)C(O)=C2O. The topological polar surface area (TPSA) is 151 Å². The molecule has 0 aromatic carbocycles. The Labute approximate surface area is 176 Å². The molecule has 31 heavy (non-hydrogen) atoms. The maximum absolute atomic E-state index is 12.4. The molecule has 2 aliphatic rings. The number of allylic oxidation sites excluding steroid dienone is 1. The van der Waals surface area contributed by atoms with E-state index in [1.165, 1.54) is 13.4 Å². The highest BCUT2D eigenvalue weighted by Gasteiger charge is 2.72. The second-order valence-corrected chi connectivity index (χ2v) is 7.37. The van der Waals surface area contributed by atoms with E-state index in [9.17, 15) is 15.0 Å². The van der Waals surface area contributed by atoms with Crippen molar-refractivity contribution in [3.63, 3.8) is 0 Å². The van der Waals surface area contributed by atoms with Gasteiger partial charge in [-0.1, -0.05) is 0 Å². The molecule has 1 amide bonds. The van der Waals surface area contributed by atoms with E-state index in [1.807, 2.05) is 0 Å². The first-order valence-electron chi connectivity index (χ1n) is 9.58. The summed E-state index contributed by atoms with van der Waals surface area (Å²) < 4.78 is 1.65. The Morgan fingerprint density at radius 2 is 2.13 bits per heavy atom. The van der Waals surface area contributed by atoms with Gasteiger partial charge in [0.15, 0.2) is 22.7 Å². The summed E-state index contributed by atoms with van der Waals surface area (Å²) in [7, 11) is 3.21. The highest BCUT2D eigenvalue weighted by atomic mass is 16.3. The summed E-state index contributed by atoms with van der Waals surface area (Å²) in [5.41, 5.74) is 0.276. The Morgan fingerprint density at radius 1 is 1.29 bits per heavy atom. The van der Waals surface area contributed by atoms with Crippen LogP contribution in [0.25, 0.3) is 11.2 Å². The first-order chi connectivity index (χ1) is 15.0. The number of fused-ring (bicyclic) bond motifs is 2. The molecule has 0 spiro atoms. The van der Waals surface area contributed by atoms with Crippen molar-refractivity contribution in [2.75, 3.05) is 19.4 Å². The van der Waals surface area contributed by atoms with Gasteiger partial charge in [-0.2, -0.15) is 5.10 Å². The van der Waals surface area contributed by atoms with Gasteiger partial charge in [-0.25, -0.2) is 15.0 Å². The van der Waals surface area contributed by atoms with Crippen LogP contribution in [0, 0.1) is 23.2 Å². The number of hydrogen-bond donors (Lipinski definition) is 4. The molecule has 0 bridgehead atoms. The van der Waals surface area contributed by atoms with Crippen LogP contribution < -0.4 is 10.6 Å². The fourth-order valence-corrected chi connectivity index (χ4v) is 4.26. The monoisotopic (exact) mass is 418 g/mol. The zero-order chi connectivity index (χ0) is 21.8. The third-order valence-electron chi connectivity index (χ3n) is 5.81. The zero-order valence-electron chi connectivity index (χ0n) is 16.7. The van der Waals surface area contributed by atoms with Crippen LogP contribution in [0.5, 0.6) is 0 Å². The van der Waals surface area contributed by atoms with Gasteiger partial charge in [-0.3, -0.25) is 4.79 Å². The number of rotatable bonds is 3. The second kappa shape index (κ2) is 6.66. The average Bonchev–Trinajstić information content (AvgIpc) is 3.34. The number of aromatic nitrogens is 6. The number of carbonyl (C=O) groups is 1. The van der Waals surface area contributed by atoms with E-state index in [0.717, 1.165) is 0 Å². The summed E-state index contributed by atoms with van der Waals surface area (Å²) in [6.07, 6.45) is 3.50. The molecule has 1 fully saturated rings. The van der Waals surface area contributed by atoms with Crippen molar-refractivity contribution >= 4 is 22.9 Å². The van der Waals surface area contributed by atoms with E-state index in [4.69, 9.17) is 0 Å². The van der Waals surface area contributed by atoms with Gasteiger partial charge in [0.05, 0.1) is 6.33 Å². The predicted molar refractivity (Wildman–Crippen MR) is 109 cm³/mol. The molecule has 11 nitrogen and oxygen atoms in total. The first kappa shape index (κ1) is 18.8. The second-order valence-electron chi connectivity index (χ2n) is 7.37. The number of aliphatic hydroxyl groups excluding tert-OH is 2. The van der Waals surface area contributed by atoms with Gasteiger partial charge in [0.2, 0.25) is 11.7 Å². The predicted octanol–water partition coefficient (Wildman–Crippen LogP) is 0.692. The summed E-state index contributed by atoms with van der Waals surface area (Å²) >= 11 is 0. The lowest BCUT2D eigenvalue weighted by Crippen LogP contribution is -2.30. The van der Waals surface area contributed by atoms with Crippen LogP contribution in [0.15, 0.2) is 36.2 Å². The fraction of sp³-hybridized carbons (Fsp3) is 0.300. The third kappa shape index (κ3) is 2.61. The number of aliphatic hydroxyl groups is 2. The minimum Gasteiger partial charge on any atom is -0.508 e. The number of nitrogens with one attached hydrogen (secondary N) is 2. The summed E-state index contributed by atoms with van der Waals surface area (Å²) in [6.45, 7) is 0. The third-order valence-corrected chi connectivity index (χ3v) is 5.81. The van der Waals surface area contributed by atoms with Gasteiger partial charge in [0.25, 0.3) is 0 Å². The molecule has 0 saturated heterocycles. The fourth-order valence-electron chi connectivity index (χ4n) is 4.26. The highest BCUT2D eigenvalue weighted by Crippen LogP contribution is 2.69. The van der Waals surface area contributed by atoms with Crippen LogP contribution in [0.4, 0.5) is 5.82 Å². The Bertz CT molecular complexity index is 1310. The number of amides is 1. The number of nitrogens with zero attached hydrogens (tertiary/aromatic N) is 6. The molecule has 0 radical (unpaired) electrons. The van der Waals surface area contributed by atoms with E-state index >= 15 is 0 Å². The molecule has 3 heterocycles. The van der Waals surface area contributed by atoms with E-state index in [-0.39, 0.29) is 29.2 Å². The lowest BCUT2D eigenvalue weighted by atomic mass is 10.0. The minimum absolute atomic E-state index is 0.225. The Hall–Kier alpha value is -4.20. The standard InChI is InChI=1S/C20H18N8O3/c1-21-17-13-18(26-12(25-17)6-5-10-4-3-7-24-27-10)28(9-23-13)14-11-8-20(11,19(31)22-2)16(30)15(14)29/h3-4,7,9,11,14,29-30H,8H2,1-2H3,(H,22,31)(H,21,25,26)/t11?,14-,20?/m1/s1. The van der Waals surface area contributed by atoms with Crippen molar-refractivity contribution < 1.29 is 15.0 Å². The molecule has 0 aliphatic heterocycles. The maximum atomic E-state index is 12.4. The smallest absolute Gasteiger partial charge is 0.234 e. The van der Waals surface area contributed by atoms with Crippen molar-refractivity contribution in [1.82, 2.24) is 35.0 Å². The van der Waals surface area contributed by atoms with Gasteiger partial charge in [0, 0.05) is 26.2 Å². The first-order valence-corrected chi connectivity index (χ1v) is 9.58. The van der Waals surface area contributed by atoms with Crippen molar-refractivity contribution in [3.8, 4) is 11.8 Å². The van der Waals surface area contributed by atoms with Crippen molar-refractivity contribution in [1.29, 1.82) is 0 Å². The number of hydrogen-bond acceptors (Lipinski definition) is 9. The van der Waals surface area contributed by atoms with E-state index in [1.54, 1.807) is 29.9 Å². The molecule has 3 aromatic rings. The van der Waals surface area contributed by atoms with Crippen molar-refractivity contribution in [3.05, 3.63) is 47.7 Å². The molecular formula is C20H18N8O3. The van der Waals surface area contributed by atoms with Gasteiger partial charge in [-0.05, 0) is 30.4 Å². The molecule has 3 atom stereocenters. The van der Waals surface area contributed by atoms with Gasteiger partial charge in [-0.15, -0.1) is 5.10 Å². The van der Waals surface area contributed by atoms with Crippen LogP contribution in [0.2, 0.25) is 0 Å². The van der Waals surface area contributed by atoms with Crippen LogP contribution in [-0.2, 0) is 4.79 Å². The number of carbonyl (C=O) groups excluding carboxylic acids is 1. The molecule has 2 aliphatic carbocycles. The minimum atomic E-state index is -1.10. The van der Waals surface area contributed by atoms with Gasteiger partial charge >= 0.3 is 0 Å². The van der Waals surface area contributed by atoms with Gasteiger partial charge in [0.1, 0.15) is 22.9 Å². The summed E-state index contributed by atoms with van der Waals surface area (Å²) in [5.74, 6) is 5.24. The molecule has 3 aromatic heterocycles. The lowest BCUT2D eigenvalue weighted by molar-refractivity contribution is -0.125. The molecular weight excluding hydrogens is 400 g/mol. The average molecular weight is 418 g/mol. The summed E-state index contributed by atoms with van der Waals surface area (Å²) in [6, 6.07) is 2.78. The molecule has 156 valence electrons. The quantitative estimate of drug-likeness (QED) is 0.450. The number of anilines is 1. The molecule has 5 rings (SSSR count). The van der Waals surface area contributed by atoms with E-state index < -0.39 is 11.5 Å². The molecule has 4 N–H and O–H groups in total. The zero-order valence-corrected chi connectivity index (χ0v) is 16.7. The van der Waals surface area contributed by atoms with Gasteiger partial charge < -0.3 is 25.4 Å². The Morgan fingerprint density at radius 3 is 2.84 bits per heavy atom. The Kier molecular flexibility index (Phi) is 4.04. The lowest BCUT2D eigenvalue weighted by Gasteiger charge is -2.15. The van der Waals surface area contributed by atoms with E-state index in [0.29, 0.717) is 29.1 Å². The maximum Gasteiger partial charge on any atom is 0.234 e. The largest absolute Gasteiger partial charge is 0.508 e. The van der Waals surface area contributed by atoms with Crippen LogP contribution >= 0.6 is 0 Å². The summed E-state index contributed by atoms with van der Waals surface area (Å²) in [5, 5.41) is 34.4.